The van der Waals surface area contributed by atoms with Gasteiger partial charge in [-0.2, -0.15) is 0 Å². The number of anilines is 6. The number of aryl methyl sites for hydroxylation is 1. The Hall–Kier alpha value is -5.02. The summed E-state index contributed by atoms with van der Waals surface area (Å²) in [4.78, 5) is 5.46. The minimum absolute atomic E-state index is 0.0302. The third-order valence-electron chi connectivity index (χ3n) is 18.5. The summed E-state index contributed by atoms with van der Waals surface area (Å²) in [7, 11) is 0. The maximum absolute atomic E-state index is 2.74. The van der Waals surface area contributed by atoms with Crippen LogP contribution in [0.1, 0.15) is 187 Å². The summed E-state index contributed by atoms with van der Waals surface area (Å²) in [6, 6.07) is 41.9. The van der Waals surface area contributed by atoms with Gasteiger partial charge in [0.15, 0.2) is 0 Å². The number of fused-ring (bicyclic) bond motifs is 7. The zero-order chi connectivity index (χ0) is 48.5. The molecule has 2 heterocycles. The molecular formula is C65H77BN2. The van der Waals surface area contributed by atoms with Crippen molar-refractivity contribution in [3.63, 3.8) is 0 Å². The number of rotatable bonds is 3. The van der Waals surface area contributed by atoms with Gasteiger partial charge in [0.05, 0.1) is 0 Å². The third-order valence-corrected chi connectivity index (χ3v) is 18.5. The van der Waals surface area contributed by atoms with E-state index in [0.29, 0.717) is 0 Å². The van der Waals surface area contributed by atoms with Crippen molar-refractivity contribution < 1.29 is 0 Å². The molecule has 0 saturated carbocycles. The second-order valence-corrected chi connectivity index (χ2v) is 27.1. The summed E-state index contributed by atoms with van der Waals surface area (Å²) >= 11 is 0. The van der Waals surface area contributed by atoms with E-state index in [-0.39, 0.29) is 44.6 Å². The number of hydrogen-bond donors (Lipinski definition) is 0. The first-order valence-electron chi connectivity index (χ1n) is 26.2. The van der Waals surface area contributed by atoms with Gasteiger partial charge in [0.25, 0.3) is 6.71 Å². The molecule has 0 N–H and O–H groups in total. The van der Waals surface area contributed by atoms with Crippen LogP contribution in [0.5, 0.6) is 0 Å². The van der Waals surface area contributed by atoms with Gasteiger partial charge in [0.1, 0.15) is 0 Å². The molecule has 3 heteroatoms. The van der Waals surface area contributed by atoms with Gasteiger partial charge in [-0.3, -0.25) is 0 Å². The van der Waals surface area contributed by atoms with Gasteiger partial charge in [0, 0.05) is 34.1 Å². The molecule has 0 fully saturated rings. The van der Waals surface area contributed by atoms with Crippen LogP contribution in [0.2, 0.25) is 0 Å². The van der Waals surface area contributed by atoms with Gasteiger partial charge in [-0.25, -0.2) is 0 Å². The zero-order valence-corrected chi connectivity index (χ0v) is 44.5. The van der Waals surface area contributed by atoms with Crippen molar-refractivity contribution in [2.24, 2.45) is 0 Å². The summed E-state index contributed by atoms with van der Waals surface area (Å²) in [5.74, 6) is 0. The van der Waals surface area contributed by atoms with E-state index >= 15 is 0 Å². The molecule has 6 aromatic carbocycles. The van der Waals surface area contributed by atoms with Gasteiger partial charge in [-0.1, -0.05) is 165 Å². The lowest BCUT2D eigenvalue weighted by Gasteiger charge is -2.49. The molecule has 0 radical (unpaired) electrons. The normalized spacial score (nSPS) is 20.6. The molecule has 0 amide bonds. The maximum Gasteiger partial charge on any atom is 0.252 e. The fourth-order valence-electron chi connectivity index (χ4n) is 13.5. The molecule has 11 rings (SSSR count). The molecule has 6 aromatic rings. The molecular weight excluding hydrogens is 820 g/mol. The van der Waals surface area contributed by atoms with Crippen LogP contribution in [0.15, 0.2) is 103 Å². The van der Waals surface area contributed by atoms with E-state index in [9.17, 15) is 0 Å². The van der Waals surface area contributed by atoms with E-state index in [1.54, 1.807) is 0 Å². The summed E-state index contributed by atoms with van der Waals surface area (Å²) in [6.07, 6.45) is 7.13. The van der Waals surface area contributed by atoms with Crippen molar-refractivity contribution in [2.75, 3.05) is 9.80 Å². The van der Waals surface area contributed by atoms with Gasteiger partial charge in [-0.15, -0.1) is 0 Å². The molecule has 3 aliphatic carbocycles. The number of nitrogens with zero attached hydrogens (tertiary/aromatic N) is 2. The largest absolute Gasteiger partial charge is 0.311 e. The molecule has 0 aromatic heterocycles. The Morgan fingerprint density at radius 2 is 0.868 bits per heavy atom. The minimum atomic E-state index is -0.100. The third kappa shape index (κ3) is 6.77. The van der Waals surface area contributed by atoms with Gasteiger partial charge >= 0.3 is 0 Å². The van der Waals surface area contributed by atoms with E-state index in [4.69, 9.17) is 0 Å². The van der Waals surface area contributed by atoms with E-state index in [0.717, 1.165) is 0 Å². The fraction of sp³-hybridized carbons (Fsp3) is 0.446. The lowest BCUT2D eigenvalue weighted by Crippen LogP contribution is -2.62. The zero-order valence-electron chi connectivity index (χ0n) is 44.5. The van der Waals surface area contributed by atoms with Crippen LogP contribution in [-0.2, 0) is 37.9 Å². The average molecular weight is 897 g/mol. The van der Waals surface area contributed by atoms with E-state index < -0.39 is 0 Å². The molecule has 5 aliphatic rings. The van der Waals surface area contributed by atoms with Gasteiger partial charge in [0.2, 0.25) is 0 Å². The number of hydrogen-bond acceptors (Lipinski definition) is 2. The summed E-state index contributed by atoms with van der Waals surface area (Å²) < 4.78 is 0. The Morgan fingerprint density at radius 1 is 0.397 bits per heavy atom. The summed E-state index contributed by atoms with van der Waals surface area (Å²) in [5, 5.41) is 0. The molecule has 2 aliphatic heterocycles. The smallest absolute Gasteiger partial charge is 0.252 e. The second-order valence-electron chi connectivity index (χ2n) is 27.1. The Bertz CT molecular complexity index is 3080. The predicted octanol–water partition coefficient (Wildman–Crippen LogP) is 16.1. The summed E-state index contributed by atoms with van der Waals surface area (Å²) in [6.45, 7) is 39.4. The predicted molar refractivity (Wildman–Crippen MR) is 295 cm³/mol. The standard InChI is InChI=1S/C65H77BN2/c1-40-32-46-49(64(13,14)30-28-61(46,7)8)38-54(40)68-53-25-22-42(41-20-18-17-19-21-41)33-51(53)66-52-37-48-50(65(15,16)31-29-63(48,11)12)39-55(52)67(56-34-43(59(2,3)4)35-57(68)58(56)66)44-23-24-45-47(36-44)62(9,10)27-26-60(45,5)6/h17-25,32-39H,26-31H2,1-16H3. The van der Waals surface area contributed by atoms with Crippen LogP contribution in [0.25, 0.3) is 11.1 Å². The molecule has 350 valence electrons. The molecule has 2 nitrogen and oxygen atoms in total. The van der Waals surface area contributed by atoms with Crippen molar-refractivity contribution in [3.05, 3.63) is 148 Å². The first kappa shape index (κ1) is 45.4. The lowest BCUT2D eigenvalue weighted by molar-refractivity contribution is 0.332. The van der Waals surface area contributed by atoms with E-state index in [1.165, 1.54) is 145 Å². The first-order chi connectivity index (χ1) is 31.7. The second kappa shape index (κ2) is 14.5. The molecule has 0 saturated heterocycles. The highest BCUT2D eigenvalue weighted by Crippen LogP contribution is 2.55. The lowest BCUT2D eigenvalue weighted by atomic mass is 9.33. The minimum Gasteiger partial charge on any atom is -0.311 e. The highest BCUT2D eigenvalue weighted by molar-refractivity contribution is 7.00. The first-order valence-corrected chi connectivity index (χ1v) is 26.2. The molecule has 0 unspecified atom stereocenters. The Kier molecular flexibility index (Phi) is 9.70. The van der Waals surface area contributed by atoms with Crippen LogP contribution in [-0.4, -0.2) is 6.71 Å². The van der Waals surface area contributed by atoms with Crippen LogP contribution in [0.3, 0.4) is 0 Å². The topological polar surface area (TPSA) is 6.48 Å². The van der Waals surface area contributed by atoms with Crippen molar-refractivity contribution >= 4 is 57.2 Å². The highest BCUT2D eigenvalue weighted by Gasteiger charge is 2.48. The summed E-state index contributed by atoms with van der Waals surface area (Å²) in [5.41, 5.74) is 26.8. The van der Waals surface area contributed by atoms with Crippen LogP contribution in [0, 0.1) is 6.92 Å². The fourth-order valence-corrected chi connectivity index (χ4v) is 13.5. The molecule has 0 bridgehead atoms. The van der Waals surface area contributed by atoms with Crippen LogP contribution in [0.4, 0.5) is 34.1 Å². The molecule has 0 atom stereocenters. The average Bonchev–Trinajstić information content (AvgIpc) is 3.27. The van der Waals surface area contributed by atoms with E-state index in [1.807, 2.05) is 0 Å². The van der Waals surface area contributed by atoms with Crippen molar-refractivity contribution in [1.29, 1.82) is 0 Å². The van der Waals surface area contributed by atoms with Gasteiger partial charge < -0.3 is 9.80 Å². The van der Waals surface area contributed by atoms with E-state index in [2.05, 4.69) is 224 Å². The maximum atomic E-state index is 2.74. The quantitative estimate of drug-likeness (QED) is 0.163. The Morgan fingerprint density at radius 3 is 1.43 bits per heavy atom. The van der Waals surface area contributed by atoms with Gasteiger partial charge in [-0.05, 0) is 198 Å². The van der Waals surface area contributed by atoms with Crippen molar-refractivity contribution in [1.82, 2.24) is 0 Å². The van der Waals surface area contributed by atoms with Crippen molar-refractivity contribution in [3.8, 4) is 11.1 Å². The molecule has 0 spiro atoms. The van der Waals surface area contributed by atoms with Crippen molar-refractivity contribution in [2.45, 2.75) is 187 Å². The Labute approximate surface area is 411 Å². The highest BCUT2D eigenvalue weighted by atomic mass is 15.2. The monoisotopic (exact) mass is 897 g/mol. The SMILES string of the molecule is Cc1cc2c(cc1N1c3ccc(-c4ccccc4)cc3B3c4cc5c(cc4N(c4ccc6c(c4)C(C)(C)CCC6(C)C)c4cc(C(C)(C)C)cc1c43)C(C)(C)CCC5(C)C)C(C)(C)CCC2(C)C. The van der Waals surface area contributed by atoms with Crippen LogP contribution >= 0.6 is 0 Å². The number of benzene rings is 6. The molecule has 68 heavy (non-hydrogen) atoms. The Balaban J connectivity index is 1.29. The van der Waals surface area contributed by atoms with Crippen LogP contribution < -0.4 is 26.2 Å².